The summed E-state index contributed by atoms with van der Waals surface area (Å²) in [5.74, 6) is 0.644. The molecule has 0 saturated carbocycles. The van der Waals surface area contributed by atoms with Crippen molar-refractivity contribution in [1.82, 2.24) is 4.90 Å². The van der Waals surface area contributed by atoms with Gasteiger partial charge in [0, 0.05) is 42.8 Å². The van der Waals surface area contributed by atoms with Gasteiger partial charge in [0.25, 0.3) is 0 Å². The van der Waals surface area contributed by atoms with Gasteiger partial charge in [-0.3, -0.25) is 4.79 Å². The summed E-state index contributed by atoms with van der Waals surface area (Å²) in [4.78, 5) is 17.3. The van der Waals surface area contributed by atoms with Crippen LogP contribution in [0.25, 0.3) is 6.08 Å². The highest BCUT2D eigenvalue weighted by Crippen LogP contribution is 2.29. The summed E-state index contributed by atoms with van der Waals surface area (Å²) < 4.78 is 5.74. The van der Waals surface area contributed by atoms with Crippen molar-refractivity contribution in [1.29, 1.82) is 0 Å². The van der Waals surface area contributed by atoms with Crippen molar-refractivity contribution in [3.8, 4) is 5.75 Å². The molecule has 1 amide bonds. The van der Waals surface area contributed by atoms with Gasteiger partial charge in [-0.15, -0.1) is 0 Å². The summed E-state index contributed by atoms with van der Waals surface area (Å²) in [5.41, 5.74) is 3.75. The van der Waals surface area contributed by atoms with E-state index in [0.29, 0.717) is 11.6 Å². The van der Waals surface area contributed by atoms with Gasteiger partial charge < -0.3 is 19.9 Å². The lowest BCUT2D eigenvalue weighted by Gasteiger charge is -2.36. The molecule has 0 spiro atoms. The summed E-state index contributed by atoms with van der Waals surface area (Å²) in [6.07, 6.45) is 5.34. The van der Waals surface area contributed by atoms with Crippen molar-refractivity contribution in [2.45, 2.75) is 6.92 Å². The van der Waals surface area contributed by atoms with E-state index < -0.39 is 0 Å². The molecule has 0 aromatic heterocycles. The number of para-hydroxylation sites is 2. The Kier molecular flexibility index (Phi) is 6.41. The molecule has 0 unspecified atom stereocenters. The molecule has 1 N–H and O–H groups in total. The van der Waals surface area contributed by atoms with Crippen LogP contribution in [0.1, 0.15) is 12.5 Å². The van der Waals surface area contributed by atoms with E-state index >= 15 is 0 Å². The van der Waals surface area contributed by atoms with Crippen molar-refractivity contribution in [2.24, 2.45) is 0 Å². The summed E-state index contributed by atoms with van der Waals surface area (Å²) >= 11 is 6.06. The molecule has 0 radical (unpaired) electrons. The lowest BCUT2D eigenvalue weighted by molar-refractivity contribution is -0.111. The predicted molar refractivity (Wildman–Crippen MR) is 123 cm³/mol. The molecule has 0 bridgehead atoms. The van der Waals surface area contributed by atoms with Crippen LogP contribution in [0.4, 0.5) is 11.4 Å². The summed E-state index contributed by atoms with van der Waals surface area (Å²) in [5, 5.41) is 3.69. The number of nitrogens with zero attached hydrogens (tertiary/aromatic N) is 2. The average molecular weight is 424 g/mol. The normalized spacial score (nSPS) is 16.7. The zero-order chi connectivity index (χ0) is 20.9. The van der Waals surface area contributed by atoms with E-state index in [1.165, 1.54) is 0 Å². The number of amides is 1. The number of benzene rings is 2. The van der Waals surface area contributed by atoms with Crippen LogP contribution in [0.15, 0.2) is 60.2 Å². The minimum atomic E-state index is -0.160. The molecule has 2 aliphatic heterocycles. The van der Waals surface area contributed by atoms with Crippen molar-refractivity contribution in [3.05, 3.63) is 70.8 Å². The maximum absolute atomic E-state index is 12.6. The number of hydrogen-bond acceptors (Lipinski definition) is 4. The van der Waals surface area contributed by atoms with Gasteiger partial charge in [-0.1, -0.05) is 36.7 Å². The van der Waals surface area contributed by atoms with Gasteiger partial charge in [0.2, 0.25) is 5.91 Å². The number of nitrogens with one attached hydrogen (secondary N) is 1. The van der Waals surface area contributed by atoms with Crippen LogP contribution in [-0.2, 0) is 4.79 Å². The maximum atomic E-state index is 12.6. The van der Waals surface area contributed by atoms with Gasteiger partial charge in [0.1, 0.15) is 12.4 Å². The molecule has 2 aromatic rings. The fraction of sp³-hybridized carbons (Fsp3) is 0.292. The Bertz CT molecular complexity index is 978. The molecule has 0 atom stereocenters. The molecule has 2 aromatic carbocycles. The number of piperazine rings is 1. The van der Waals surface area contributed by atoms with Crippen molar-refractivity contribution >= 4 is 35.0 Å². The summed E-state index contributed by atoms with van der Waals surface area (Å²) in [7, 11) is 0. The van der Waals surface area contributed by atoms with Crippen LogP contribution in [0, 0.1) is 0 Å². The van der Waals surface area contributed by atoms with E-state index in [4.69, 9.17) is 16.3 Å². The third-order valence-electron chi connectivity index (χ3n) is 5.48. The third kappa shape index (κ3) is 4.86. The largest absolute Gasteiger partial charge is 0.488 e. The highest BCUT2D eigenvalue weighted by Gasteiger charge is 2.18. The summed E-state index contributed by atoms with van der Waals surface area (Å²) in [6, 6.07) is 13.5. The molecular weight excluding hydrogens is 398 g/mol. The lowest BCUT2D eigenvalue weighted by atomic mass is 10.1. The van der Waals surface area contributed by atoms with E-state index in [1.807, 2.05) is 42.5 Å². The number of carbonyl (C=O) groups is 1. The van der Waals surface area contributed by atoms with Gasteiger partial charge in [-0.25, -0.2) is 0 Å². The molecule has 0 aliphatic carbocycles. The van der Waals surface area contributed by atoms with Gasteiger partial charge in [0.15, 0.2) is 0 Å². The van der Waals surface area contributed by atoms with Crippen molar-refractivity contribution in [3.63, 3.8) is 0 Å². The smallest absolute Gasteiger partial charge is 0.248 e. The standard InChI is InChI=1S/C24H26ClN3O2/c1-2-27-11-13-28(14-12-27)22-6-4-3-5-21(22)26-24(29)10-7-18-15-19-16-20(25)8-9-23(19)30-17-18/h3-10,15-16H,2,11-14,17H2,1H3,(H,26,29)/b10-7+. The second-order valence-electron chi connectivity index (χ2n) is 7.45. The molecule has 30 heavy (non-hydrogen) atoms. The molecule has 2 aliphatic rings. The van der Waals surface area contributed by atoms with E-state index in [0.717, 1.165) is 61.0 Å². The Morgan fingerprint density at radius 1 is 1.17 bits per heavy atom. The van der Waals surface area contributed by atoms with Crippen LogP contribution >= 0.6 is 11.6 Å². The highest BCUT2D eigenvalue weighted by atomic mass is 35.5. The van der Waals surface area contributed by atoms with Crippen LogP contribution in [0.3, 0.4) is 0 Å². The van der Waals surface area contributed by atoms with E-state index in [9.17, 15) is 4.79 Å². The fourth-order valence-corrected chi connectivity index (χ4v) is 3.96. The van der Waals surface area contributed by atoms with Gasteiger partial charge >= 0.3 is 0 Å². The van der Waals surface area contributed by atoms with Gasteiger partial charge in [-0.05, 0) is 48.5 Å². The van der Waals surface area contributed by atoms with Crippen molar-refractivity contribution < 1.29 is 9.53 Å². The van der Waals surface area contributed by atoms with E-state index in [2.05, 4.69) is 28.1 Å². The Balaban J connectivity index is 1.42. The molecule has 5 nitrogen and oxygen atoms in total. The lowest BCUT2D eigenvalue weighted by Crippen LogP contribution is -2.46. The molecular formula is C24H26ClN3O2. The first kappa shape index (κ1) is 20.5. The number of likely N-dealkylation sites (N-methyl/N-ethyl adjacent to an activating group) is 1. The first-order valence-electron chi connectivity index (χ1n) is 10.3. The zero-order valence-electron chi connectivity index (χ0n) is 17.1. The van der Waals surface area contributed by atoms with E-state index in [1.54, 1.807) is 12.2 Å². The number of anilines is 2. The van der Waals surface area contributed by atoms with Gasteiger partial charge in [-0.2, -0.15) is 0 Å². The summed E-state index contributed by atoms with van der Waals surface area (Å²) in [6.45, 7) is 7.70. The minimum absolute atomic E-state index is 0.160. The number of rotatable bonds is 5. The Labute approximate surface area is 182 Å². The molecule has 1 saturated heterocycles. The first-order valence-corrected chi connectivity index (χ1v) is 10.7. The van der Waals surface area contributed by atoms with Crippen LogP contribution in [0.2, 0.25) is 5.02 Å². The SMILES string of the molecule is CCN1CCN(c2ccccc2NC(=O)/C=C/C2=Cc3cc(Cl)ccc3OC2)CC1. The second-order valence-corrected chi connectivity index (χ2v) is 7.89. The molecule has 6 heteroatoms. The van der Waals surface area contributed by atoms with Crippen LogP contribution in [-0.4, -0.2) is 50.1 Å². The minimum Gasteiger partial charge on any atom is -0.488 e. The number of fused-ring (bicyclic) bond motifs is 1. The maximum Gasteiger partial charge on any atom is 0.248 e. The third-order valence-corrected chi connectivity index (χ3v) is 5.71. The van der Waals surface area contributed by atoms with E-state index in [-0.39, 0.29) is 5.91 Å². The Hall–Kier alpha value is -2.76. The molecule has 4 rings (SSSR count). The second kappa shape index (κ2) is 9.37. The number of ether oxygens (including phenoxy) is 1. The van der Waals surface area contributed by atoms with Crippen LogP contribution < -0.4 is 15.0 Å². The molecule has 2 heterocycles. The quantitative estimate of drug-likeness (QED) is 0.721. The number of carbonyl (C=O) groups excluding carboxylic acids is 1. The highest BCUT2D eigenvalue weighted by molar-refractivity contribution is 6.30. The molecule has 156 valence electrons. The number of hydrogen-bond donors (Lipinski definition) is 1. The van der Waals surface area contributed by atoms with Crippen molar-refractivity contribution in [2.75, 3.05) is 49.5 Å². The average Bonchev–Trinajstić information content (AvgIpc) is 2.78. The monoisotopic (exact) mass is 423 g/mol. The van der Waals surface area contributed by atoms with Gasteiger partial charge in [0.05, 0.1) is 11.4 Å². The Morgan fingerprint density at radius 2 is 1.97 bits per heavy atom. The number of halogens is 1. The zero-order valence-corrected chi connectivity index (χ0v) is 17.9. The fourth-order valence-electron chi connectivity index (χ4n) is 3.78. The predicted octanol–water partition coefficient (Wildman–Crippen LogP) is 4.45. The molecule has 1 fully saturated rings. The van der Waals surface area contributed by atoms with Crippen LogP contribution in [0.5, 0.6) is 5.75 Å². The first-order chi connectivity index (χ1) is 14.6. The Morgan fingerprint density at radius 3 is 2.77 bits per heavy atom. The topological polar surface area (TPSA) is 44.8 Å².